The van der Waals surface area contributed by atoms with Crippen molar-refractivity contribution in [3.63, 3.8) is 0 Å². The molecule has 5 heteroatoms. The van der Waals surface area contributed by atoms with Crippen molar-refractivity contribution in [1.29, 1.82) is 0 Å². The summed E-state index contributed by atoms with van der Waals surface area (Å²) >= 11 is 7.90. The Morgan fingerprint density at radius 3 is 2.90 bits per heavy atom. The summed E-state index contributed by atoms with van der Waals surface area (Å²) in [5.41, 5.74) is 1.77. The molecule has 2 aromatic rings. The first-order valence-corrected chi connectivity index (χ1v) is 8.63. The third-order valence-electron chi connectivity index (χ3n) is 3.93. The van der Waals surface area contributed by atoms with Crippen LogP contribution in [0.2, 0.25) is 0 Å². The summed E-state index contributed by atoms with van der Waals surface area (Å²) in [7, 11) is 0. The Bertz CT molecular complexity index is 636. The van der Waals surface area contributed by atoms with E-state index in [1.807, 2.05) is 28.7 Å². The molecule has 0 aliphatic heterocycles. The number of imidazole rings is 1. The number of nitrogens with zero attached hydrogens (tertiary/aromatic N) is 2. The van der Waals surface area contributed by atoms with Crippen molar-refractivity contribution in [3.05, 3.63) is 27.3 Å². The fraction of sp³-hybridized carbons (Fsp3) is 0.533. The minimum absolute atomic E-state index is 0.171. The van der Waals surface area contributed by atoms with Crippen molar-refractivity contribution in [1.82, 2.24) is 9.55 Å². The molecule has 1 unspecified atom stereocenters. The predicted octanol–water partition coefficient (Wildman–Crippen LogP) is 4.92. The molecule has 0 saturated heterocycles. The van der Waals surface area contributed by atoms with E-state index in [2.05, 4.69) is 16.5 Å². The standard InChI is InChI=1S/C15H17ClFIN2/c1-9(6-10-2-3-10)20-14-7-11(17)12(18)8-13(14)19-15(20)4-5-16/h7-10H,2-6H2,1H3. The first-order chi connectivity index (χ1) is 9.60. The molecule has 1 heterocycles. The molecule has 20 heavy (non-hydrogen) atoms. The molecule has 1 aromatic heterocycles. The lowest BCUT2D eigenvalue weighted by Crippen LogP contribution is -2.11. The summed E-state index contributed by atoms with van der Waals surface area (Å²) in [6.45, 7) is 2.20. The minimum Gasteiger partial charge on any atom is -0.325 e. The maximum absolute atomic E-state index is 13.9. The highest BCUT2D eigenvalue weighted by atomic mass is 127. The molecule has 0 spiro atoms. The molecule has 1 aliphatic carbocycles. The van der Waals surface area contributed by atoms with Crippen LogP contribution in [0.1, 0.15) is 38.1 Å². The van der Waals surface area contributed by atoms with E-state index in [0.717, 1.165) is 35.6 Å². The average molecular weight is 407 g/mol. The summed E-state index contributed by atoms with van der Waals surface area (Å²) < 4.78 is 16.7. The third-order valence-corrected chi connectivity index (χ3v) is 4.95. The fourth-order valence-electron chi connectivity index (χ4n) is 2.83. The van der Waals surface area contributed by atoms with E-state index in [1.54, 1.807) is 6.07 Å². The zero-order valence-electron chi connectivity index (χ0n) is 11.4. The second-order valence-electron chi connectivity index (χ2n) is 5.62. The fourth-order valence-corrected chi connectivity index (χ4v) is 3.45. The first-order valence-electron chi connectivity index (χ1n) is 7.02. The normalized spacial score (nSPS) is 16.8. The number of aryl methyl sites for hydroxylation is 1. The van der Waals surface area contributed by atoms with Gasteiger partial charge in [-0.3, -0.25) is 0 Å². The molecule has 0 amide bonds. The van der Waals surface area contributed by atoms with E-state index < -0.39 is 0 Å². The second kappa shape index (κ2) is 5.79. The Kier molecular flexibility index (Phi) is 4.22. The van der Waals surface area contributed by atoms with Gasteiger partial charge in [-0.25, -0.2) is 9.37 Å². The molecule has 1 saturated carbocycles. The summed E-state index contributed by atoms with van der Waals surface area (Å²) in [5.74, 6) is 2.18. The molecule has 0 bridgehead atoms. The van der Waals surface area contributed by atoms with Crippen LogP contribution < -0.4 is 0 Å². The molecule has 0 radical (unpaired) electrons. The van der Waals surface area contributed by atoms with Crippen LogP contribution in [-0.4, -0.2) is 15.4 Å². The van der Waals surface area contributed by atoms with Crippen LogP contribution in [0.5, 0.6) is 0 Å². The van der Waals surface area contributed by atoms with Crippen molar-refractivity contribution in [3.8, 4) is 0 Å². The van der Waals surface area contributed by atoms with E-state index >= 15 is 0 Å². The van der Waals surface area contributed by atoms with Crippen LogP contribution in [0, 0.1) is 15.3 Å². The maximum Gasteiger partial charge on any atom is 0.138 e. The van der Waals surface area contributed by atoms with Crippen LogP contribution in [0.3, 0.4) is 0 Å². The molecular formula is C15H17ClFIN2. The van der Waals surface area contributed by atoms with Gasteiger partial charge in [-0.2, -0.15) is 0 Å². The number of benzene rings is 1. The molecular weight excluding hydrogens is 390 g/mol. The topological polar surface area (TPSA) is 17.8 Å². The van der Waals surface area contributed by atoms with Crippen LogP contribution in [0.25, 0.3) is 11.0 Å². The number of halogens is 3. The van der Waals surface area contributed by atoms with Crippen molar-refractivity contribution >= 4 is 45.2 Å². The molecule has 0 N–H and O–H groups in total. The van der Waals surface area contributed by atoms with Crippen molar-refractivity contribution in [2.24, 2.45) is 5.92 Å². The smallest absolute Gasteiger partial charge is 0.138 e. The van der Waals surface area contributed by atoms with Crippen LogP contribution >= 0.6 is 34.2 Å². The summed E-state index contributed by atoms with van der Waals surface area (Å²) in [6.07, 6.45) is 4.53. The lowest BCUT2D eigenvalue weighted by Gasteiger charge is -2.17. The molecule has 3 rings (SSSR count). The van der Waals surface area contributed by atoms with Gasteiger partial charge < -0.3 is 4.57 Å². The average Bonchev–Trinajstić information content (AvgIpc) is 3.13. The first kappa shape index (κ1) is 14.6. The molecule has 108 valence electrons. The van der Waals surface area contributed by atoms with Gasteiger partial charge in [0.1, 0.15) is 11.6 Å². The van der Waals surface area contributed by atoms with E-state index in [-0.39, 0.29) is 5.82 Å². The number of fused-ring (bicyclic) bond motifs is 1. The minimum atomic E-state index is -0.171. The van der Waals surface area contributed by atoms with Gasteiger partial charge in [-0.1, -0.05) is 12.8 Å². The molecule has 1 aliphatic rings. The van der Waals surface area contributed by atoms with Crippen LogP contribution in [-0.2, 0) is 6.42 Å². The molecule has 1 fully saturated rings. The van der Waals surface area contributed by atoms with Gasteiger partial charge in [0.05, 0.1) is 14.6 Å². The third kappa shape index (κ3) is 2.82. The number of aromatic nitrogens is 2. The van der Waals surface area contributed by atoms with Gasteiger partial charge in [0.15, 0.2) is 0 Å². The quantitative estimate of drug-likeness (QED) is 0.509. The number of hydrogen-bond donors (Lipinski definition) is 0. The highest BCUT2D eigenvalue weighted by molar-refractivity contribution is 14.1. The lowest BCUT2D eigenvalue weighted by atomic mass is 10.1. The Morgan fingerprint density at radius 1 is 1.50 bits per heavy atom. The Hall–Kier alpha value is -0.360. The van der Waals surface area contributed by atoms with Crippen molar-refractivity contribution in [2.45, 2.75) is 38.6 Å². The molecule has 1 atom stereocenters. The lowest BCUT2D eigenvalue weighted by molar-refractivity contribution is 0.473. The highest BCUT2D eigenvalue weighted by Crippen LogP contribution is 2.38. The number of rotatable bonds is 5. The van der Waals surface area contributed by atoms with Gasteiger partial charge in [0.25, 0.3) is 0 Å². The number of hydrogen-bond acceptors (Lipinski definition) is 1. The van der Waals surface area contributed by atoms with Gasteiger partial charge in [0.2, 0.25) is 0 Å². The highest BCUT2D eigenvalue weighted by Gasteiger charge is 2.26. The van der Waals surface area contributed by atoms with Gasteiger partial charge in [-0.15, -0.1) is 11.6 Å². The zero-order valence-corrected chi connectivity index (χ0v) is 14.3. The largest absolute Gasteiger partial charge is 0.325 e. The SMILES string of the molecule is CC(CC1CC1)n1c(CCCl)nc2cc(I)c(F)cc21. The Morgan fingerprint density at radius 2 is 2.25 bits per heavy atom. The van der Waals surface area contributed by atoms with Crippen molar-refractivity contribution in [2.75, 3.05) is 5.88 Å². The van der Waals surface area contributed by atoms with E-state index in [9.17, 15) is 4.39 Å². The van der Waals surface area contributed by atoms with Gasteiger partial charge in [-0.05, 0) is 47.9 Å². The summed E-state index contributed by atoms with van der Waals surface area (Å²) in [4.78, 5) is 4.66. The predicted molar refractivity (Wildman–Crippen MR) is 88.9 cm³/mol. The van der Waals surface area contributed by atoms with Crippen LogP contribution in [0.4, 0.5) is 4.39 Å². The van der Waals surface area contributed by atoms with E-state index in [1.165, 1.54) is 12.8 Å². The van der Waals surface area contributed by atoms with E-state index in [4.69, 9.17) is 11.6 Å². The van der Waals surface area contributed by atoms with Gasteiger partial charge >= 0.3 is 0 Å². The van der Waals surface area contributed by atoms with Crippen LogP contribution in [0.15, 0.2) is 12.1 Å². The summed E-state index contributed by atoms with van der Waals surface area (Å²) in [6, 6.07) is 3.79. The van der Waals surface area contributed by atoms with Crippen molar-refractivity contribution < 1.29 is 4.39 Å². The Balaban J connectivity index is 2.08. The summed E-state index contributed by atoms with van der Waals surface area (Å²) in [5, 5.41) is 0. The monoisotopic (exact) mass is 406 g/mol. The number of alkyl halides is 1. The van der Waals surface area contributed by atoms with E-state index in [0.29, 0.717) is 15.5 Å². The second-order valence-corrected chi connectivity index (χ2v) is 7.16. The molecule has 1 aromatic carbocycles. The maximum atomic E-state index is 13.9. The zero-order chi connectivity index (χ0) is 14.3. The molecule has 2 nitrogen and oxygen atoms in total. The van der Waals surface area contributed by atoms with Gasteiger partial charge in [0, 0.05) is 24.4 Å². The Labute approximate surface area is 136 Å².